The Morgan fingerprint density at radius 1 is 0.571 bits per heavy atom. The van der Waals surface area contributed by atoms with Crippen LogP contribution in [-0.4, -0.2) is 17.4 Å². The summed E-state index contributed by atoms with van der Waals surface area (Å²) >= 11 is 0. The summed E-state index contributed by atoms with van der Waals surface area (Å²) in [4.78, 5) is 0. The van der Waals surface area contributed by atoms with E-state index in [-0.39, 0.29) is 93.7 Å². The van der Waals surface area contributed by atoms with Crippen LogP contribution in [0.3, 0.4) is 0 Å². The van der Waals surface area contributed by atoms with E-state index in [0.29, 0.717) is 0 Å². The predicted molar refractivity (Wildman–Crippen MR) is 23.6 cm³/mol. The van der Waals surface area contributed by atoms with Crippen molar-refractivity contribution < 1.29 is 76.3 Å². The van der Waals surface area contributed by atoms with Crippen LogP contribution >= 0.6 is 0 Å². The molecule has 0 amide bonds. The van der Waals surface area contributed by atoms with Gasteiger partial charge in [-0.1, -0.05) is 0 Å². The van der Waals surface area contributed by atoms with Crippen LogP contribution in [0, 0.1) is 0 Å². The molecule has 0 rings (SSSR count). The summed E-state index contributed by atoms with van der Waals surface area (Å²) in [6, 6.07) is 0. The Morgan fingerprint density at radius 3 is 0.571 bits per heavy atom. The number of halogens is 5. The molecule has 0 aromatic heterocycles. The molecule has 0 heterocycles. The average Bonchev–Trinajstić information content (AvgIpc) is 0. The first-order valence-corrected chi connectivity index (χ1v) is 0. The van der Waals surface area contributed by atoms with Crippen LogP contribution in [0.4, 0.5) is 23.5 Å². The van der Waals surface area contributed by atoms with Crippen molar-refractivity contribution in [2.24, 2.45) is 0 Å². The second-order valence-corrected chi connectivity index (χ2v) is 0. The summed E-state index contributed by atoms with van der Waals surface area (Å²) in [6.07, 6.45) is 0. The Balaban J connectivity index is 0. The third-order valence-corrected chi connectivity index (χ3v) is 0. The average molecular weight is 170 g/mol. The van der Waals surface area contributed by atoms with Gasteiger partial charge in [0.1, 0.15) is 0 Å². The fourth-order valence-electron chi connectivity index (χ4n) is 0. The Labute approximate surface area is 92.3 Å². The molecule has 0 bridgehead atoms. The minimum absolute atomic E-state index is 0. The maximum absolute atomic E-state index is 0. The van der Waals surface area contributed by atoms with Gasteiger partial charge in [-0.2, -0.15) is 0 Å². The van der Waals surface area contributed by atoms with Gasteiger partial charge in [-0.15, -0.1) is 0 Å². The molecule has 0 aromatic rings. The number of hydrogen-bond acceptors (Lipinski definition) is 0. The molecule has 48 valence electrons. The molecular formula is H9AlF5K. The molecule has 0 nitrogen and oxygen atoms in total. The molecule has 7 heteroatoms. The van der Waals surface area contributed by atoms with Gasteiger partial charge in [-0.05, 0) is 0 Å². The largest absolute Gasteiger partial charge is 1.00 e. The van der Waals surface area contributed by atoms with Gasteiger partial charge in [0.25, 0.3) is 0 Å². The van der Waals surface area contributed by atoms with Crippen molar-refractivity contribution in [3.8, 4) is 0 Å². The Hall–Kier alpha value is 1.82. The molecule has 0 N–H and O–H groups in total. The van der Waals surface area contributed by atoms with Gasteiger partial charge in [0.15, 0.2) is 17.4 Å². The van der Waals surface area contributed by atoms with Gasteiger partial charge in [-0.25, -0.2) is 0 Å². The molecule has 0 spiro atoms. The first kappa shape index (κ1) is 163. The van der Waals surface area contributed by atoms with Crippen LogP contribution in [-0.2, 0) is 0 Å². The molecule has 0 fully saturated rings. The van der Waals surface area contributed by atoms with E-state index < -0.39 is 0 Å². The van der Waals surface area contributed by atoms with Gasteiger partial charge in [-0.3, -0.25) is 23.5 Å². The van der Waals surface area contributed by atoms with E-state index in [1.165, 1.54) is 0 Å². The summed E-state index contributed by atoms with van der Waals surface area (Å²) in [5.41, 5.74) is 0. The second kappa shape index (κ2) is 110. The summed E-state index contributed by atoms with van der Waals surface area (Å²) in [5, 5.41) is 0. The zero-order valence-corrected chi connectivity index (χ0v) is 6.16. The fourth-order valence-corrected chi connectivity index (χ4v) is 0. The van der Waals surface area contributed by atoms with E-state index in [0.717, 1.165) is 0 Å². The molecule has 0 aliphatic carbocycles. The second-order valence-electron chi connectivity index (χ2n) is 0. The van der Waals surface area contributed by atoms with E-state index >= 15 is 0 Å². The fraction of sp³-hybridized carbons (Fsp3) is 0. The number of rotatable bonds is 0. The minimum atomic E-state index is 0. The van der Waals surface area contributed by atoms with Gasteiger partial charge in [0.05, 0.1) is 0 Å². The predicted octanol–water partition coefficient (Wildman–Crippen LogP) is -3.30. The topological polar surface area (TPSA) is 0 Å². The van der Waals surface area contributed by atoms with E-state index in [1.54, 1.807) is 0 Å². The minimum Gasteiger partial charge on any atom is -1.00 e. The van der Waals surface area contributed by atoms with E-state index in [2.05, 4.69) is 0 Å². The molecule has 0 unspecified atom stereocenters. The molecule has 0 saturated heterocycles. The van der Waals surface area contributed by atoms with Crippen LogP contribution in [0.2, 0.25) is 0 Å². The van der Waals surface area contributed by atoms with Crippen molar-refractivity contribution in [2.75, 3.05) is 0 Å². The van der Waals surface area contributed by atoms with Crippen LogP contribution in [0.5, 0.6) is 0 Å². The quantitative estimate of drug-likeness (QED) is 0.264. The normalized spacial score (nSPS) is 0. The van der Waals surface area contributed by atoms with Crippen molar-refractivity contribution in [1.29, 1.82) is 0 Å². The van der Waals surface area contributed by atoms with Gasteiger partial charge < -0.3 is 1.43 Å². The van der Waals surface area contributed by atoms with E-state index in [9.17, 15) is 0 Å². The zero-order chi connectivity index (χ0) is 0. The monoisotopic (exact) mass is 170 g/mol. The van der Waals surface area contributed by atoms with Crippen molar-refractivity contribution in [2.45, 2.75) is 0 Å². The SMILES string of the molecule is F.F.F.F.F.[AlH3].[H-].[K+]. The molecule has 0 atom stereocenters. The van der Waals surface area contributed by atoms with Crippen molar-refractivity contribution >= 4 is 17.4 Å². The Morgan fingerprint density at radius 2 is 0.571 bits per heavy atom. The Bertz CT molecular complexity index is 12.4. The van der Waals surface area contributed by atoms with Crippen LogP contribution in [0.1, 0.15) is 1.43 Å². The van der Waals surface area contributed by atoms with Crippen LogP contribution < -0.4 is 51.4 Å². The van der Waals surface area contributed by atoms with Crippen molar-refractivity contribution in [1.82, 2.24) is 0 Å². The number of hydrogen-bond donors (Lipinski definition) is 0. The molecule has 0 radical (unpaired) electrons. The van der Waals surface area contributed by atoms with Crippen molar-refractivity contribution in [3.05, 3.63) is 0 Å². The Kier molecular flexibility index (Phi) is 2560. The third-order valence-electron chi connectivity index (χ3n) is 0. The summed E-state index contributed by atoms with van der Waals surface area (Å²) in [5.74, 6) is 0. The third kappa shape index (κ3) is 80.0. The molecule has 7 heavy (non-hydrogen) atoms. The van der Waals surface area contributed by atoms with Crippen LogP contribution in [0.15, 0.2) is 0 Å². The van der Waals surface area contributed by atoms with Crippen molar-refractivity contribution in [3.63, 3.8) is 0 Å². The van der Waals surface area contributed by atoms with Gasteiger partial charge >= 0.3 is 51.4 Å². The molecule has 0 saturated carbocycles. The first-order chi connectivity index (χ1) is 0. The van der Waals surface area contributed by atoms with E-state index in [1.807, 2.05) is 0 Å². The standard InChI is InChI=1S/Al.5FH.K.4H/h;5*1H;;;;;/q;;;;;;+1;;;;-1. The van der Waals surface area contributed by atoms with E-state index in [4.69, 9.17) is 0 Å². The molecule has 0 aliphatic heterocycles. The van der Waals surface area contributed by atoms with Gasteiger partial charge in [0, 0.05) is 0 Å². The first-order valence-electron chi connectivity index (χ1n) is 0. The van der Waals surface area contributed by atoms with Crippen LogP contribution in [0.25, 0.3) is 0 Å². The van der Waals surface area contributed by atoms with Gasteiger partial charge in [0.2, 0.25) is 0 Å². The smallest absolute Gasteiger partial charge is 1.00 e. The summed E-state index contributed by atoms with van der Waals surface area (Å²) < 4.78 is 0. The summed E-state index contributed by atoms with van der Waals surface area (Å²) in [6.45, 7) is 0. The maximum atomic E-state index is 0. The summed E-state index contributed by atoms with van der Waals surface area (Å²) in [7, 11) is 0. The zero-order valence-electron chi connectivity index (χ0n) is 4.04. The maximum Gasteiger partial charge on any atom is 1.00 e. The molecular weight excluding hydrogens is 161 g/mol. The molecule has 0 aromatic carbocycles. The molecule has 0 aliphatic rings.